The van der Waals surface area contributed by atoms with E-state index in [0.29, 0.717) is 0 Å². The SMILES string of the molecule is CCCCCCC1(CCCCCC)c2ccc(-n3c4ccc(C(C)(C)C)cc4c4cc(C(C)(C)C)ccc43)cc2-c2cc(-n3c4ccc(C(C)(C)C)cc4c4cc(C(C)(C)C)ccc43)ccc21. The van der Waals surface area contributed by atoms with Gasteiger partial charge >= 0.3 is 0 Å². The van der Waals surface area contributed by atoms with Gasteiger partial charge in [-0.15, -0.1) is 0 Å². The van der Waals surface area contributed by atoms with Crippen molar-refractivity contribution < 1.29 is 0 Å². The largest absolute Gasteiger partial charge is 0.309 e. The van der Waals surface area contributed by atoms with E-state index in [1.54, 1.807) is 0 Å². The Morgan fingerprint density at radius 1 is 0.343 bits per heavy atom. The van der Waals surface area contributed by atoms with E-state index in [4.69, 9.17) is 0 Å². The van der Waals surface area contributed by atoms with E-state index < -0.39 is 0 Å². The van der Waals surface area contributed by atoms with Gasteiger partial charge in [0.2, 0.25) is 0 Å². The number of nitrogens with zero attached hydrogens (tertiary/aromatic N) is 2. The fraction of sp³-hybridized carbons (Fsp3) is 0.446. The summed E-state index contributed by atoms with van der Waals surface area (Å²) in [6.45, 7) is 32.7. The van der Waals surface area contributed by atoms with Crippen LogP contribution in [-0.2, 0) is 27.1 Å². The minimum absolute atomic E-state index is 0.0166. The lowest BCUT2D eigenvalue weighted by Gasteiger charge is -2.33. The number of benzene rings is 6. The van der Waals surface area contributed by atoms with Crippen molar-refractivity contribution >= 4 is 43.6 Å². The Morgan fingerprint density at radius 2 is 0.642 bits per heavy atom. The molecular formula is C65H80N2. The number of hydrogen-bond acceptors (Lipinski definition) is 0. The van der Waals surface area contributed by atoms with Crippen LogP contribution in [0.3, 0.4) is 0 Å². The van der Waals surface area contributed by atoms with Crippen molar-refractivity contribution in [2.45, 2.75) is 188 Å². The molecule has 6 aromatic carbocycles. The first-order chi connectivity index (χ1) is 31.7. The van der Waals surface area contributed by atoms with Crippen LogP contribution in [0.4, 0.5) is 0 Å². The lowest BCUT2D eigenvalue weighted by Crippen LogP contribution is -2.25. The predicted molar refractivity (Wildman–Crippen MR) is 294 cm³/mol. The van der Waals surface area contributed by atoms with Gasteiger partial charge in [-0.2, -0.15) is 0 Å². The number of aromatic nitrogens is 2. The van der Waals surface area contributed by atoms with Crippen LogP contribution in [0.2, 0.25) is 0 Å². The third kappa shape index (κ3) is 8.37. The first-order valence-electron chi connectivity index (χ1n) is 26.1. The summed E-state index contributed by atoms with van der Waals surface area (Å²) < 4.78 is 5.14. The average molecular weight is 889 g/mol. The Balaban J connectivity index is 1.31. The van der Waals surface area contributed by atoms with Crippen LogP contribution in [0.1, 0.15) is 195 Å². The summed E-state index contributed by atoms with van der Waals surface area (Å²) in [5.41, 5.74) is 19.2. The Kier molecular flexibility index (Phi) is 12.0. The minimum atomic E-state index is -0.0166. The highest BCUT2D eigenvalue weighted by atomic mass is 15.0. The molecule has 2 heterocycles. The highest BCUT2D eigenvalue weighted by Gasteiger charge is 2.43. The van der Waals surface area contributed by atoms with Crippen molar-refractivity contribution in [3.05, 3.63) is 143 Å². The lowest BCUT2D eigenvalue weighted by molar-refractivity contribution is 0.401. The highest BCUT2D eigenvalue weighted by molar-refractivity contribution is 6.11. The lowest BCUT2D eigenvalue weighted by atomic mass is 9.70. The summed E-state index contributed by atoms with van der Waals surface area (Å²) in [4.78, 5) is 0. The second-order valence-corrected chi connectivity index (χ2v) is 24.8. The molecule has 0 spiro atoms. The molecule has 67 heavy (non-hydrogen) atoms. The van der Waals surface area contributed by atoms with Gasteiger partial charge in [-0.1, -0.05) is 185 Å². The maximum atomic E-state index is 2.59. The predicted octanol–water partition coefficient (Wildman–Crippen LogP) is 19.3. The molecule has 2 heteroatoms. The molecule has 2 aromatic heterocycles. The Labute approximate surface area is 404 Å². The first kappa shape index (κ1) is 47.0. The molecule has 350 valence electrons. The average Bonchev–Trinajstić information content (AvgIpc) is 3.88. The van der Waals surface area contributed by atoms with E-state index in [-0.39, 0.29) is 27.1 Å². The first-order valence-corrected chi connectivity index (χ1v) is 26.1. The number of fused-ring (bicyclic) bond motifs is 9. The molecule has 0 unspecified atom stereocenters. The fourth-order valence-electron chi connectivity index (χ4n) is 11.6. The van der Waals surface area contributed by atoms with Crippen molar-refractivity contribution in [1.29, 1.82) is 0 Å². The van der Waals surface area contributed by atoms with Crippen LogP contribution in [0.15, 0.2) is 109 Å². The Hall–Kier alpha value is -5.08. The minimum Gasteiger partial charge on any atom is -0.309 e. The zero-order valence-corrected chi connectivity index (χ0v) is 43.9. The van der Waals surface area contributed by atoms with E-state index in [0.717, 1.165) is 0 Å². The molecule has 2 nitrogen and oxygen atoms in total. The second-order valence-electron chi connectivity index (χ2n) is 24.8. The van der Waals surface area contributed by atoms with Crippen LogP contribution in [0.25, 0.3) is 66.1 Å². The van der Waals surface area contributed by atoms with Crippen molar-refractivity contribution in [2.75, 3.05) is 0 Å². The van der Waals surface area contributed by atoms with Gasteiger partial charge in [0.1, 0.15) is 0 Å². The maximum Gasteiger partial charge on any atom is 0.0541 e. The number of unbranched alkanes of at least 4 members (excludes halogenated alkanes) is 6. The third-order valence-corrected chi connectivity index (χ3v) is 15.8. The zero-order chi connectivity index (χ0) is 47.8. The molecule has 0 atom stereocenters. The van der Waals surface area contributed by atoms with E-state index in [9.17, 15) is 0 Å². The molecule has 0 aliphatic heterocycles. The highest BCUT2D eigenvalue weighted by Crippen LogP contribution is 2.56. The number of hydrogen-bond donors (Lipinski definition) is 0. The van der Waals surface area contributed by atoms with E-state index in [2.05, 4.69) is 215 Å². The molecular weight excluding hydrogens is 809 g/mol. The van der Waals surface area contributed by atoms with Gasteiger partial charge in [-0.3, -0.25) is 0 Å². The van der Waals surface area contributed by atoms with Crippen molar-refractivity contribution in [3.8, 4) is 22.5 Å². The molecule has 0 saturated carbocycles. The van der Waals surface area contributed by atoms with Crippen molar-refractivity contribution in [3.63, 3.8) is 0 Å². The third-order valence-electron chi connectivity index (χ3n) is 15.8. The Morgan fingerprint density at radius 3 is 0.910 bits per heavy atom. The van der Waals surface area contributed by atoms with Crippen LogP contribution in [-0.4, -0.2) is 9.13 Å². The summed E-state index contributed by atoms with van der Waals surface area (Å²) in [7, 11) is 0. The van der Waals surface area contributed by atoms with E-state index in [1.165, 1.54) is 164 Å². The smallest absolute Gasteiger partial charge is 0.0541 e. The van der Waals surface area contributed by atoms with Gasteiger partial charge in [-0.05, 0) is 152 Å². The monoisotopic (exact) mass is 889 g/mol. The summed E-state index contributed by atoms with van der Waals surface area (Å²) in [6, 6.07) is 44.2. The molecule has 0 radical (unpaired) electrons. The molecule has 0 bridgehead atoms. The summed E-state index contributed by atoms with van der Waals surface area (Å²) in [6.07, 6.45) is 12.6. The summed E-state index contributed by atoms with van der Waals surface area (Å²) >= 11 is 0. The molecule has 1 aliphatic rings. The van der Waals surface area contributed by atoms with Gasteiger partial charge in [0.25, 0.3) is 0 Å². The quantitative estimate of drug-likeness (QED) is 0.108. The van der Waals surface area contributed by atoms with Gasteiger partial charge in [0, 0.05) is 38.3 Å². The van der Waals surface area contributed by atoms with E-state index in [1.807, 2.05) is 0 Å². The van der Waals surface area contributed by atoms with Crippen LogP contribution in [0.5, 0.6) is 0 Å². The fourth-order valence-corrected chi connectivity index (χ4v) is 11.6. The standard InChI is InChI=1S/C65H80N2/c1-15-17-19-21-35-65(36-22-20-18-16-2)55-29-27-47(66-57-31-23-43(61(3,4)5)37-51(57)52-38-44(62(6,7)8)24-32-58(52)66)41-49(55)50-42-48(28-30-56(50)65)67-59-33-25-45(63(9,10)11)39-53(59)54-40-46(64(12,13)14)26-34-60(54)67/h23-34,37-42H,15-22,35-36H2,1-14H3. The normalized spacial score (nSPS) is 14.2. The molecule has 0 amide bonds. The molecule has 0 fully saturated rings. The molecule has 8 aromatic rings. The van der Waals surface area contributed by atoms with Gasteiger partial charge in [0.05, 0.1) is 22.1 Å². The Bertz CT molecular complexity index is 2780. The molecule has 0 saturated heterocycles. The van der Waals surface area contributed by atoms with Crippen LogP contribution in [0, 0.1) is 0 Å². The molecule has 0 N–H and O–H groups in total. The molecule has 9 rings (SSSR count). The van der Waals surface area contributed by atoms with Gasteiger partial charge < -0.3 is 9.13 Å². The number of rotatable bonds is 12. The van der Waals surface area contributed by atoms with Gasteiger partial charge in [0.15, 0.2) is 0 Å². The van der Waals surface area contributed by atoms with Crippen molar-refractivity contribution in [1.82, 2.24) is 9.13 Å². The second kappa shape index (κ2) is 17.2. The topological polar surface area (TPSA) is 9.86 Å². The zero-order valence-electron chi connectivity index (χ0n) is 43.9. The summed E-state index contributed by atoms with van der Waals surface area (Å²) in [5, 5.41) is 5.36. The van der Waals surface area contributed by atoms with Gasteiger partial charge in [-0.25, -0.2) is 0 Å². The van der Waals surface area contributed by atoms with Crippen molar-refractivity contribution in [2.24, 2.45) is 0 Å². The van der Waals surface area contributed by atoms with E-state index >= 15 is 0 Å². The van der Waals surface area contributed by atoms with Crippen LogP contribution >= 0.6 is 0 Å². The molecule has 1 aliphatic carbocycles. The maximum absolute atomic E-state index is 2.59. The van der Waals surface area contributed by atoms with Crippen LogP contribution < -0.4 is 0 Å². The summed E-state index contributed by atoms with van der Waals surface area (Å²) in [5.74, 6) is 0.